The lowest BCUT2D eigenvalue weighted by molar-refractivity contribution is 0.0234. The van der Waals surface area contributed by atoms with E-state index in [0.29, 0.717) is 19.1 Å². The quantitative estimate of drug-likeness (QED) is 0.738. The Labute approximate surface area is 90.4 Å². The van der Waals surface area contributed by atoms with E-state index >= 15 is 0 Å². The molecule has 1 aromatic rings. The van der Waals surface area contributed by atoms with E-state index in [9.17, 15) is 0 Å². The molecule has 0 saturated carbocycles. The van der Waals surface area contributed by atoms with Crippen LogP contribution in [0.5, 0.6) is 0 Å². The predicted molar refractivity (Wildman–Crippen MR) is 58.3 cm³/mol. The highest BCUT2D eigenvalue weighted by atomic mass is 16.5. The van der Waals surface area contributed by atoms with E-state index in [1.165, 1.54) is 0 Å². The molecule has 1 atom stereocenters. The molecular weight excluding hydrogens is 192 g/mol. The van der Waals surface area contributed by atoms with Crippen LogP contribution < -0.4 is 5.73 Å². The molecule has 0 spiro atoms. The number of hydrogen-bond donors (Lipinski definition) is 2. The van der Waals surface area contributed by atoms with Gasteiger partial charge in [-0.25, -0.2) is 4.98 Å². The summed E-state index contributed by atoms with van der Waals surface area (Å²) in [5, 5.41) is 7.04. The monoisotopic (exact) mass is 212 g/mol. The first kappa shape index (κ1) is 12.1. The molecule has 0 aliphatic heterocycles. The fraction of sp³-hybridized carbons (Fsp3) is 0.800. The third-order valence-corrected chi connectivity index (χ3v) is 2.14. The van der Waals surface area contributed by atoms with Crippen molar-refractivity contribution in [3.63, 3.8) is 0 Å². The maximum atomic E-state index is 5.60. The zero-order valence-electron chi connectivity index (χ0n) is 9.66. The van der Waals surface area contributed by atoms with E-state index in [1.807, 2.05) is 6.92 Å². The molecule has 0 fully saturated rings. The molecule has 1 heterocycles. The molecule has 86 valence electrons. The van der Waals surface area contributed by atoms with Crippen LogP contribution in [-0.2, 0) is 11.2 Å². The van der Waals surface area contributed by atoms with Gasteiger partial charge in [0.05, 0.1) is 0 Å². The standard InChI is InChI=1S/C10H20N4O/c1-4-15-9(7(2)3)10-12-8(5-6-11)13-14-10/h7,9H,4-6,11H2,1-3H3,(H,12,13,14). The largest absolute Gasteiger partial charge is 0.370 e. The first-order chi connectivity index (χ1) is 7.19. The summed E-state index contributed by atoms with van der Waals surface area (Å²) in [7, 11) is 0. The molecule has 0 aliphatic rings. The zero-order chi connectivity index (χ0) is 11.3. The summed E-state index contributed by atoms with van der Waals surface area (Å²) in [6.07, 6.45) is 0.696. The number of nitrogens with one attached hydrogen (secondary N) is 1. The summed E-state index contributed by atoms with van der Waals surface area (Å²) in [4.78, 5) is 4.37. The zero-order valence-corrected chi connectivity index (χ0v) is 9.66. The van der Waals surface area contributed by atoms with E-state index < -0.39 is 0 Å². The summed E-state index contributed by atoms with van der Waals surface area (Å²) in [6.45, 7) is 7.42. The van der Waals surface area contributed by atoms with Gasteiger partial charge in [0, 0.05) is 13.0 Å². The molecule has 15 heavy (non-hydrogen) atoms. The fourth-order valence-corrected chi connectivity index (χ4v) is 1.43. The van der Waals surface area contributed by atoms with Crippen molar-refractivity contribution < 1.29 is 4.74 Å². The minimum absolute atomic E-state index is 0.0298. The number of H-pyrrole nitrogens is 1. The average Bonchev–Trinajstić information content (AvgIpc) is 2.62. The Balaban J connectivity index is 2.72. The summed E-state index contributed by atoms with van der Waals surface area (Å²) in [5.74, 6) is 1.93. The van der Waals surface area contributed by atoms with Crippen molar-refractivity contribution in [2.45, 2.75) is 33.3 Å². The van der Waals surface area contributed by atoms with Crippen molar-refractivity contribution in [1.29, 1.82) is 0 Å². The lowest BCUT2D eigenvalue weighted by Crippen LogP contribution is -2.13. The van der Waals surface area contributed by atoms with E-state index in [1.54, 1.807) is 0 Å². The lowest BCUT2D eigenvalue weighted by atomic mass is 10.1. The van der Waals surface area contributed by atoms with Crippen molar-refractivity contribution in [1.82, 2.24) is 15.2 Å². The highest BCUT2D eigenvalue weighted by Crippen LogP contribution is 2.22. The number of rotatable bonds is 6. The van der Waals surface area contributed by atoms with E-state index in [4.69, 9.17) is 10.5 Å². The van der Waals surface area contributed by atoms with Crippen molar-refractivity contribution in [2.75, 3.05) is 13.2 Å². The van der Waals surface area contributed by atoms with Crippen LogP contribution >= 0.6 is 0 Å². The van der Waals surface area contributed by atoms with E-state index in [-0.39, 0.29) is 6.10 Å². The molecule has 1 aromatic heterocycles. The van der Waals surface area contributed by atoms with Crippen molar-refractivity contribution >= 4 is 0 Å². The minimum Gasteiger partial charge on any atom is -0.370 e. The Kier molecular flexibility index (Phi) is 4.71. The molecular formula is C10H20N4O. The molecule has 0 bridgehead atoms. The maximum absolute atomic E-state index is 5.60. The number of ether oxygens (including phenoxy) is 1. The van der Waals surface area contributed by atoms with Gasteiger partial charge in [-0.05, 0) is 19.4 Å². The molecule has 0 aliphatic carbocycles. The lowest BCUT2D eigenvalue weighted by Gasteiger charge is -2.16. The highest BCUT2D eigenvalue weighted by Gasteiger charge is 2.20. The van der Waals surface area contributed by atoms with Crippen LogP contribution in [0.3, 0.4) is 0 Å². The minimum atomic E-state index is -0.0298. The topological polar surface area (TPSA) is 76.8 Å². The van der Waals surface area contributed by atoms with Gasteiger partial charge in [-0.3, -0.25) is 5.10 Å². The number of nitrogens with two attached hydrogens (primary N) is 1. The van der Waals surface area contributed by atoms with Crippen molar-refractivity contribution in [3.8, 4) is 0 Å². The Morgan fingerprint density at radius 3 is 2.73 bits per heavy atom. The van der Waals surface area contributed by atoms with E-state index in [2.05, 4.69) is 29.0 Å². The number of aromatic nitrogens is 3. The third-order valence-electron chi connectivity index (χ3n) is 2.14. The Hall–Kier alpha value is -0.940. The smallest absolute Gasteiger partial charge is 0.179 e. The van der Waals surface area contributed by atoms with Gasteiger partial charge >= 0.3 is 0 Å². The van der Waals surface area contributed by atoms with Gasteiger partial charge in [0.25, 0.3) is 0 Å². The normalized spacial score (nSPS) is 13.4. The Morgan fingerprint density at radius 2 is 2.20 bits per heavy atom. The van der Waals surface area contributed by atoms with Crippen LogP contribution in [0.1, 0.15) is 38.5 Å². The molecule has 1 unspecified atom stereocenters. The van der Waals surface area contributed by atoms with Crippen LogP contribution in [0.4, 0.5) is 0 Å². The molecule has 1 rings (SSSR count). The Morgan fingerprint density at radius 1 is 1.47 bits per heavy atom. The molecule has 0 aromatic carbocycles. The van der Waals surface area contributed by atoms with Gasteiger partial charge in [-0.1, -0.05) is 13.8 Å². The second-order valence-electron chi connectivity index (χ2n) is 3.80. The first-order valence-electron chi connectivity index (χ1n) is 5.41. The summed E-state index contributed by atoms with van der Waals surface area (Å²) in [5.41, 5.74) is 5.45. The third kappa shape index (κ3) is 3.28. The van der Waals surface area contributed by atoms with E-state index in [0.717, 1.165) is 18.1 Å². The number of aromatic amines is 1. The molecule has 0 amide bonds. The van der Waals surface area contributed by atoms with Crippen LogP contribution in [0.25, 0.3) is 0 Å². The second-order valence-corrected chi connectivity index (χ2v) is 3.80. The van der Waals surface area contributed by atoms with Crippen LogP contribution in [-0.4, -0.2) is 28.3 Å². The van der Waals surface area contributed by atoms with Gasteiger partial charge in [-0.2, -0.15) is 5.10 Å². The van der Waals surface area contributed by atoms with Gasteiger partial charge < -0.3 is 10.5 Å². The van der Waals surface area contributed by atoms with Gasteiger partial charge in [0.15, 0.2) is 5.82 Å². The Bertz CT molecular complexity index is 285. The molecule has 5 nitrogen and oxygen atoms in total. The second kappa shape index (κ2) is 5.82. The van der Waals surface area contributed by atoms with Crippen LogP contribution in [0.15, 0.2) is 0 Å². The molecule has 0 radical (unpaired) electrons. The predicted octanol–water partition coefficient (Wildman–Crippen LogP) is 1.04. The van der Waals surface area contributed by atoms with Gasteiger partial charge in [0.2, 0.25) is 0 Å². The van der Waals surface area contributed by atoms with Gasteiger partial charge in [0.1, 0.15) is 11.9 Å². The molecule has 0 saturated heterocycles. The summed E-state index contributed by atoms with van der Waals surface area (Å²) >= 11 is 0. The van der Waals surface area contributed by atoms with Crippen molar-refractivity contribution in [3.05, 3.63) is 11.6 Å². The van der Waals surface area contributed by atoms with Crippen LogP contribution in [0.2, 0.25) is 0 Å². The SMILES string of the molecule is CCOC(c1n[nH]c(CCN)n1)C(C)C. The maximum Gasteiger partial charge on any atom is 0.179 e. The summed E-state index contributed by atoms with van der Waals surface area (Å²) in [6, 6.07) is 0. The summed E-state index contributed by atoms with van der Waals surface area (Å²) < 4.78 is 5.60. The van der Waals surface area contributed by atoms with Crippen LogP contribution in [0, 0.1) is 5.92 Å². The number of nitrogens with zero attached hydrogens (tertiary/aromatic N) is 2. The molecule has 3 N–H and O–H groups in total. The van der Waals surface area contributed by atoms with Crippen molar-refractivity contribution in [2.24, 2.45) is 11.7 Å². The first-order valence-corrected chi connectivity index (χ1v) is 5.41. The molecule has 5 heteroatoms. The number of hydrogen-bond acceptors (Lipinski definition) is 4. The average molecular weight is 212 g/mol. The highest BCUT2D eigenvalue weighted by molar-refractivity contribution is 4.96. The fourth-order valence-electron chi connectivity index (χ4n) is 1.43. The van der Waals surface area contributed by atoms with Gasteiger partial charge in [-0.15, -0.1) is 0 Å².